The number of rotatable bonds is 1. The summed E-state index contributed by atoms with van der Waals surface area (Å²) < 4.78 is 0. The third-order valence-corrected chi connectivity index (χ3v) is 5.77. The monoisotopic (exact) mass is 377 g/mol. The van der Waals surface area contributed by atoms with Crippen molar-refractivity contribution in [2.75, 3.05) is 19.4 Å². The predicted molar refractivity (Wildman–Crippen MR) is 104 cm³/mol. The molecule has 1 spiro atoms. The Hall–Kier alpha value is -3.11. The molecule has 3 N–H and O–H groups in total. The first-order chi connectivity index (χ1) is 13.1. The van der Waals surface area contributed by atoms with Gasteiger partial charge in [-0.15, -0.1) is 0 Å². The van der Waals surface area contributed by atoms with Gasteiger partial charge in [-0.1, -0.05) is 32.0 Å². The second-order valence-electron chi connectivity index (χ2n) is 8.54. The number of allylic oxidation sites excluding steroid dienone is 1. The first-order valence-electron chi connectivity index (χ1n) is 9.20. The molecule has 0 radical (unpaired) electrons. The number of fused-ring (bicyclic) bond motifs is 3. The van der Waals surface area contributed by atoms with E-state index in [1.807, 2.05) is 26.0 Å². The number of carbonyl (C=O) groups is 2. The van der Waals surface area contributed by atoms with Gasteiger partial charge in [0.2, 0.25) is 5.91 Å². The number of para-hydroxylation sites is 1. The van der Waals surface area contributed by atoms with Gasteiger partial charge in [-0.3, -0.25) is 14.6 Å². The highest BCUT2D eigenvalue weighted by Gasteiger charge is 2.61. The Labute approximate surface area is 164 Å². The molecule has 144 valence electrons. The first kappa shape index (κ1) is 18.3. The summed E-state index contributed by atoms with van der Waals surface area (Å²) in [6.45, 7) is 4.05. The molecule has 2 heterocycles. The van der Waals surface area contributed by atoms with Gasteiger partial charge in [0.25, 0.3) is 0 Å². The summed E-state index contributed by atoms with van der Waals surface area (Å²) in [5.74, 6) is -0.332. The Bertz CT molecular complexity index is 1030. The summed E-state index contributed by atoms with van der Waals surface area (Å²) >= 11 is 0. The minimum atomic E-state index is -1.50. The summed E-state index contributed by atoms with van der Waals surface area (Å²) in [6, 6.07) is 9.35. The second-order valence-corrected chi connectivity index (χ2v) is 8.54. The van der Waals surface area contributed by atoms with Gasteiger partial charge < -0.3 is 11.1 Å². The average Bonchev–Trinajstić information content (AvgIpc) is 2.86. The number of benzene rings is 1. The maximum absolute atomic E-state index is 13.4. The maximum atomic E-state index is 13.4. The molecule has 1 unspecified atom stereocenters. The van der Waals surface area contributed by atoms with Crippen molar-refractivity contribution in [3.05, 3.63) is 52.5 Å². The summed E-state index contributed by atoms with van der Waals surface area (Å²) in [6.07, 6.45) is 0.881. The smallest absolute Gasteiger partial charge is 0.245 e. The van der Waals surface area contributed by atoms with Crippen LogP contribution in [0.5, 0.6) is 0 Å². The van der Waals surface area contributed by atoms with E-state index in [0.29, 0.717) is 35.4 Å². The molecular weight excluding hydrogens is 354 g/mol. The van der Waals surface area contributed by atoms with Crippen molar-refractivity contribution in [1.82, 2.24) is 10.0 Å². The number of hydrogen-bond donors (Lipinski definition) is 2. The quantitative estimate of drug-likeness (QED) is 0.776. The zero-order chi connectivity index (χ0) is 20.4. The van der Waals surface area contributed by atoms with Crippen molar-refractivity contribution in [2.45, 2.75) is 32.1 Å². The number of hydrogen-bond acceptors (Lipinski definition) is 6. The topological polar surface area (TPSA) is 102 Å². The van der Waals surface area contributed by atoms with Crippen LogP contribution in [0, 0.1) is 16.7 Å². The molecule has 1 amide bonds. The molecule has 7 nitrogen and oxygen atoms in total. The van der Waals surface area contributed by atoms with Crippen LogP contribution in [0.4, 0.5) is 5.69 Å². The van der Waals surface area contributed by atoms with E-state index in [9.17, 15) is 14.9 Å². The molecule has 7 heteroatoms. The van der Waals surface area contributed by atoms with Crippen LogP contribution in [0.15, 0.2) is 46.9 Å². The Balaban J connectivity index is 2.14. The van der Waals surface area contributed by atoms with Gasteiger partial charge in [0.1, 0.15) is 17.3 Å². The van der Waals surface area contributed by atoms with E-state index in [2.05, 4.69) is 11.4 Å². The van der Waals surface area contributed by atoms with Gasteiger partial charge in [-0.2, -0.15) is 5.26 Å². The molecule has 2 aliphatic heterocycles. The third-order valence-electron chi connectivity index (χ3n) is 5.77. The predicted octanol–water partition coefficient (Wildman–Crippen LogP) is 2.01. The lowest BCUT2D eigenvalue weighted by Crippen LogP contribution is -2.54. The van der Waals surface area contributed by atoms with Crippen molar-refractivity contribution in [2.24, 2.45) is 11.1 Å². The van der Waals surface area contributed by atoms with Crippen LogP contribution in [0.1, 0.15) is 32.3 Å². The summed E-state index contributed by atoms with van der Waals surface area (Å²) in [5.41, 5.74) is 7.07. The lowest BCUT2D eigenvalue weighted by Gasteiger charge is -2.48. The fraction of sp³-hybridized carbons (Fsp3) is 0.381. The minimum absolute atomic E-state index is 0.0930. The van der Waals surface area contributed by atoms with E-state index >= 15 is 0 Å². The average molecular weight is 377 g/mol. The van der Waals surface area contributed by atoms with Crippen LogP contribution in [-0.4, -0.2) is 35.8 Å². The summed E-state index contributed by atoms with van der Waals surface area (Å²) in [5, 5.41) is 16.4. The molecule has 3 aliphatic rings. The van der Waals surface area contributed by atoms with Crippen LogP contribution >= 0.6 is 0 Å². The van der Waals surface area contributed by atoms with Crippen molar-refractivity contribution in [3.63, 3.8) is 0 Å². The molecule has 0 aromatic heterocycles. The molecule has 0 saturated heterocycles. The lowest BCUT2D eigenvalue weighted by molar-refractivity contribution is -0.124. The highest BCUT2D eigenvalue weighted by atomic mass is 16.2. The number of amides is 1. The van der Waals surface area contributed by atoms with Gasteiger partial charge in [0.15, 0.2) is 5.78 Å². The molecule has 1 atom stereocenters. The number of hydrazine groups is 1. The van der Waals surface area contributed by atoms with Crippen molar-refractivity contribution >= 4 is 17.4 Å². The van der Waals surface area contributed by atoms with E-state index in [1.54, 1.807) is 36.2 Å². The van der Waals surface area contributed by atoms with Crippen molar-refractivity contribution in [3.8, 4) is 6.07 Å². The maximum Gasteiger partial charge on any atom is 0.245 e. The fourth-order valence-electron chi connectivity index (χ4n) is 4.81. The highest BCUT2D eigenvalue weighted by molar-refractivity contribution is 6.19. The van der Waals surface area contributed by atoms with E-state index in [1.165, 1.54) is 0 Å². The summed E-state index contributed by atoms with van der Waals surface area (Å²) in [7, 11) is 3.61. The zero-order valence-electron chi connectivity index (χ0n) is 16.5. The first-order valence-corrected chi connectivity index (χ1v) is 9.20. The number of Topliss-reactive ketones (excluding diaryl/α,β-unsaturated/α-hetero) is 1. The van der Waals surface area contributed by atoms with Gasteiger partial charge in [-0.25, -0.2) is 5.01 Å². The van der Waals surface area contributed by atoms with Crippen LogP contribution in [0.25, 0.3) is 0 Å². The number of ketones is 1. The van der Waals surface area contributed by atoms with E-state index < -0.39 is 11.3 Å². The van der Waals surface area contributed by atoms with E-state index in [4.69, 9.17) is 5.73 Å². The van der Waals surface area contributed by atoms with Crippen LogP contribution < -0.4 is 11.1 Å². The Morgan fingerprint density at radius 3 is 2.54 bits per heavy atom. The Morgan fingerprint density at radius 2 is 1.89 bits per heavy atom. The number of nitrogens with two attached hydrogens (primary N) is 1. The number of nitrogens with zero attached hydrogens (tertiary/aromatic N) is 3. The van der Waals surface area contributed by atoms with Crippen molar-refractivity contribution < 1.29 is 9.59 Å². The molecule has 0 bridgehead atoms. The molecule has 28 heavy (non-hydrogen) atoms. The fourth-order valence-corrected chi connectivity index (χ4v) is 4.81. The number of nitrogens with one attached hydrogen (secondary N) is 1. The van der Waals surface area contributed by atoms with Gasteiger partial charge in [0, 0.05) is 43.0 Å². The second kappa shape index (κ2) is 5.69. The van der Waals surface area contributed by atoms with Gasteiger partial charge >= 0.3 is 0 Å². The largest absolute Gasteiger partial charge is 0.383 e. The lowest BCUT2D eigenvalue weighted by atomic mass is 9.61. The molecule has 0 fully saturated rings. The number of nitriles is 1. The zero-order valence-corrected chi connectivity index (χ0v) is 16.5. The summed E-state index contributed by atoms with van der Waals surface area (Å²) in [4.78, 5) is 26.8. The standard InChI is InChI=1S/C21H23N5O2/c1-20(2)9-15-17(16(27)10-20)21(13(11-22)18(23)26(15)25(3)4)12-7-5-6-8-14(12)24-19(21)28/h5-8H,9-10,23H2,1-4H3,(H,24,28). The molecule has 1 aliphatic carbocycles. The van der Waals surface area contributed by atoms with Crippen LogP contribution in [0.3, 0.4) is 0 Å². The molecule has 0 saturated carbocycles. The van der Waals surface area contributed by atoms with Gasteiger partial charge in [-0.05, 0) is 17.9 Å². The van der Waals surface area contributed by atoms with E-state index in [-0.39, 0.29) is 22.6 Å². The molecule has 4 rings (SSSR count). The third kappa shape index (κ3) is 2.12. The minimum Gasteiger partial charge on any atom is -0.383 e. The number of anilines is 1. The SMILES string of the molecule is CN(C)N1C(N)=C(C#N)C2(C(=O)Nc3ccccc32)C2=C1CC(C)(C)CC2=O. The number of carbonyl (C=O) groups excluding carboxylic acids is 2. The molecule has 1 aromatic carbocycles. The van der Waals surface area contributed by atoms with Crippen molar-refractivity contribution in [1.29, 1.82) is 5.26 Å². The molecule has 1 aromatic rings. The highest BCUT2D eigenvalue weighted by Crippen LogP contribution is 2.56. The van der Waals surface area contributed by atoms with Crippen LogP contribution in [0.2, 0.25) is 0 Å². The Morgan fingerprint density at radius 1 is 1.21 bits per heavy atom. The molecular formula is C21H23N5O2. The van der Waals surface area contributed by atoms with E-state index in [0.717, 1.165) is 0 Å². The Kier molecular flexibility index (Phi) is 3.71. The normalized spacial score (nSPS) is 25.8. The van der Waals surface area contributed by atoms with Crippen LogP contribution in [-0.2, 0) is 15.0 Å². The van der Waals surface area contributed by atoms with Gasteiger partial charge in [0.05, 0.1) is 5.57 Å².